The number of carboxylic acids is 1. The minimum Gasteiger partial charge on any atom is -0.481 e. The molecule has 0 radical (unpaired) electrons. The van der Waals surface area contributed by atoms with Gasteiger partial charge < -0.3 is 25.2 Å². The molecule has 0 bridgehead atoms. The molecule has 0 aliphatic heterocycles. The maximum absolute atomic E-state index is 12.3. The van der Waals surface area contributed by atoms with E-state index in [9.17, 15) is 27.9 Å². The Balaban J connectivity index is 1.31. The van der Waals surface area contributed by atoms with Crippen LogP contribution in [0.25, 0.3) is 11.1 Å². The highest BCUT2D eigenvalue weighted by Crippen LogP contribution is 2.45. The van der Waals surface area contributed by atoms with Gasteiger partial charge in [0, 0.05) is 29.7 Å². The molecule has 2 amide bonds. The first-order valence-electron chi connectivity index (χ1n) is 10.4. The number of amides is 2. The first-order chi connectivity index (χ1) is 17.0. The van der Waals surface area contributed by atoms with Gasteiger partial charge >= 0.3 is 24.4 Å². The molecule has 36 heavy (non-hydrogen) atoms. The second kappa shape index (κ2) is 9.90. The number of aromatic nitrogens is 2. The number of benzene rings is 2. The smallest absolute Gasteiger partial charge is 0.481 e. The highest BCUT2D eigenvalue weighted by molar-refractivity contribution is 6.34. The maximum atomic E-state index is 12.3. The molecule has 9 nitrogen and oxygen atoms in total. The molecule has 0 atom stereocenters. The van der Waals surface area contributed by atoms with Gasteiger partial charge in [0.25, 0.3) is 0 Å². The van der Waals surface area contributed by atoms with E-state index in [1.807, 2.05) is 0 Å². The van der Waals surface area contributed by atoms with Crippen LogP contribution < -0.4 is 20.1 Å². The average molecular weight is 523 g/mol. The zero-order chi connectivity index (χ0) is 25.9. The number of nitrogens with zero attached hydrogens (tertiary/aromatic N) is 2. The van der Waals surface area contributed by atoms with E-state index in [1.165, 1.54) is 18.5 Å². The summed E-state index contributed by atoms with van der Waals surface area (Å²) in [5.41, 5.74) is 1.11. The van der Waals surface area contributed by atoms with E-state index >= 15 is 0 Å². The normalized spacial score (nSPS) is 14.0. The number of carbonyl (C=O) groups is 2. The number of rotatable bonds is 8. The average Bonchev–Trinajstić information content (AvgIpc) is 3.61. The molecule has 2 aromatic carbocycles. The molecule has 3 aromatic rings. The van der Waals surface area contributed by atoms with Gasteiger partial charge in [0.1, 0.15) is 17.8 Å². The molecular formula is C23H18ClF3N4O5. The third kappa shape index (κ3) is 6.33. The van der Waals surface area contributed by atoms with Gasteiger partial charge in [-0.3, -0.25) is 4.79 Å². The number of alkyl halides is 3. The minimum atomic E-state index is -4.86. The van der Waals surface area contributed by atoms with Gasteiger partial charge in [0.2, 0.25) is 0 Å². The molecule has 13 heteroatoms. The first kappa shape index (κ1) is 25.0. The first-order valence-corrected chi connectivity index (χ1v) is 10.8. The number of hydrogen-bond donors (Lipinski definition) is 3. The summed E-state index contributed by atoms with van der Waals surface area (Å²) in [5.74, 6) is -1.40. The zero-order valence-electron chi connectivity index (χ0n) is 18.3. The van der Waals surface area contributed by atoms with Crippen molar-refractivity contribution in [3.8, 4) is 22.9 Å². The van der Waals surface area contributed by atoms with Gasteiger partial charge in [0.05, 0.1) is 10.7 Å². The summed E-state index contributed by atoms with van der Waals surface area (Å²) in [5, 5.41) is 14.1. The van der Waals surface area contributed by atoms with E-state index in [-0.39, 0.29) is 23.3 Å². The maximum Gasteiger partial charge on any atom is 0.573 e. The third-order valence-corrected chi connectivity index (χ3v) is 5.62. The molecule has 1 heterocycles. The van der Waals surface area contributed by atoms with E-state index in [2.05, 4.69) is 25.3 Å². The largest absolute Gasteiger partial charge is 0.573 e. The van der Waals surface area contributed by atoms with Gasteiger partial charge in [-0.05, 0) is 42.7 Å². The van der Waals surface area contributed by atoms with Gasteiger partial charge in [-0.1, -0.05) is 23.7 Å². The fourth-order valence-electron chi connectivity index (χ4n) is 3.14. The molecule has 0 saturated heterocycles. The van der Waals surface area contributed by atoms with Gasteiger partial charge in [-0.25, -0.2) is 14.8 Å². The second-order valence-corrected chi connectivity index (χ2v) is 8.38. The van der Waals surface area contributed by atoms with E-state index in [0.717, 1.165) is 17.7 Å². The standard InChI is InChI=1S/C23H18ClF3N4O5/c24-17-9-16(36-23(25,26)27)5-6-18(17)31-20(34)30-15-3-1-13(2-4-15)14-10-28-21(29-11-14)35-12-22(7-8-22)19(32)33/h1-6,9-11H,7-8,12H2,(H,32,33)(H2,30,31,34). The van der Waals surface area contributed by atoms with Crippen molar-refractivity contribution < 1.29 is 37.3 Å². The Bertz CT molecular complexity index is 1270. The van der Waals surface area contributed by atoms with Crippen LogP contribution in [0.1, 0.15) is 12.8 Å². The van der Waals surface area contributed by atoms with Crippen molar-refractivity contribution in [3.63, 3.8) is 0 Å². The summed E-state index contributed by atoms with van der Waals surface area (Å²) in [6.45, 7) is 0.0147. The molecule has 188 valence electrons. The molecule has 1 fully saturated rings. The van der Waals surface area contributed by atoms with Crippen molar-refractivity contribution in [2.75, 3.05) is 17.2 Å². The molecular weight excluding hydrogens is 505 g/mol. The van der Waals surface area contributed by atoms with Crippen molar-refractivity contribution in [2.24, 2.45) is 5.41 Å². The lowest BCUT2D eigenvalue weighted by atomic mass is 10.1. The van der Waals surface area contributed by atoms with Gasteiger partial charge in [-0.2, -0.15) is 0 Å². The summed E-state index contributed by atoms with van der Waals surface area (Å²) in [4.78, 5) is 31.7. The Morgan fingerprint density at radius 2 is 1.69 bits per heavy atom. The van der Waals surface area contributed by atoms with Crippen LogP contribution in [0.3, 0.4) is 0 Å². The number of aliphatic carboxylic acids is 1. The minimum absolute atomic E-state index is 0.0147. The van der Waals surface area contributed by atoms with E-state index in [4.69, 9.17) is 16.3 Å². The van der Waals surface area contributed by atoms with Crippen LogP contribution >= 0.6 is 11.6 Å². The van der Waals surface area contributed by atoms with Crippen LogP contribution in [0.5, 0.6) is 11.8 Å². The topological polar surface area (TPSA) is 123 Å². The van der Waals surface area contributed by atoms with Crippen LogP contribution in [-0.4, -0.2) is 40.0 Å². The summed E-state index contributed by atoms with van der Waals surface area (Å²) < 4.78 is 46.1. The van der Waals surface area contributed by atoms with Crippen LogP contribution in [0.15, 0.2) is 54.9 Å². The summed E-state index contributed by atoms with van der Waals surface area (Å²) in [7, 11) is 0. The molecule has 0 unspecified atom stereocenters. The lowest BCUT2D eigenvalue weighted by Crippen LogP contribution is -2.23. The summed E-state index contributed by atoms with van der Waals surface area (Å²) in [6, 6.07) is 9.27. The van der Waals surface area contributed by atoms with Crippen LogP contribution in [0, 0.1) is 5.41 Å². The number of nitrogens with one attached hydrogen (secondary N) is 2. The predicted molar refractivity (Wildman–Crippen MR) is 123 cm³/mol. The number of halogens is 4. The molecule has 1 aliphatic rings. The lowest BCUT2D eigenvalue weighted by Gasteiger charge is -2.12. The van der Waals surface area contributed by atoms with Crippen molar-refractivity contribution in [3.05, 3.63) is 59.9 Å². The zero-order valence-corrected chi connectivity index (χ0v) is 19.1. The summed E-state index contributed by atoms with van der Waals surface area (Å²) >= 11 is 5.93. The molecule has 4 rings (SSSR count). The monoisotopic (exact) mass is 522 g/mol. The molecule has 3 N–H and O–H groups in total. The van der Waals surface area contributed by atoms with Crippen LogP contribution in [-0.2, 0) is 4.79 Å². The Labute approximate surface area is 207 Å². The van der Waals surface area contributed by atoms with E-state index in [1.54, 1.807) is 24.3 Å². The number of ether oxygens (including phenoxy) is 2. The predicted octanol–water partition coefficient (Wildman–Crippen LogP) is 5.58. The Kier molecular flexibility index (Phi) is 6.88. The number of carbonyl (C=O) groups excluding carboxylic acids is 1. The quantitative estimate of drug-likeness (QED) is 0.353. The van der Waals surface area contributed by atoms with Crippen LogP contribution in [0.4, 0.5) is 29.3 Å². The molecule has 1 aromatic heterocycles. The number of urea groups is 1. The molecule has 1 saturated carbocycles. The van der Waals surface area contributed by atoms with E-state index < -0.39 is 29.5 Å². The van der Waals surface area contributed by atoms with Gasteiger partial charge in [-0.15, -0.1) is 13.2 Å². The highest BCUT2D eigenvalue weighted by atomic mass is 35.5. The second-order valence-electron chi connectivity index (χ2n) is 7.97. The fraction of sp³-hybridized carbons (Fsp3) is 0.217. The Hall–Kier alpha value is -4.06. The number of anilines is 2. The molecule has 1 aliphatic carbocycles. The van der Waals surface area contributed by atoms with Crippen molar-refractivity contribution >= 4 is 35.0 Å². The third-order valence-electron chi connectivity index (χ3n) is 5.31. The molecule has 0 spiro atoms. The van der Waals surface area contributed by atoms with E-state index in [0.29, 0.717) is 24.1 Å². The van der Waals surface area contributed by atoms with Gasteiger partial charge in [0.15, 0.2) is 0 Å². The van der Waals surface area contributed by atoms with Crippen molar-refractivity contribution in [1.29, 1.82) is 0 Å². The highest BCUT2D eigenvalue weighted by Gasteiger charge is 2.51. The van der Waals surface area contributed by atoms with Crippen molar-refractivity contribution in [2.45, 2.75) is 19.2 Å². The lowest BCUT2D eigenvalue weighted by molar-refractivity contribution is -0.274. The van der Waals surface area contributed by atoms with Crippen LogP contribution in [0.2, 0.25) is 5.02 Å². The Morgan fingerprint density at radius 1 is 1.03 bits per heavy atom. The SMILES string of the molecule is O=C(Nc1ccc(-c2cnc(OCC3(C(=O)O)CC3)nc2)cc1)Nc1ccc(OC(F)(F)F)cc1Cl. The van der Waals surface area contributed by atoms with Crippen molar-refractivity contribution in [1.82, 2.24) is 9.97 Å². The number of hydrogen-bond acceptors (Lipinski definition) is 6. The summed E-state index contributed by atoms with van der Waals surface area (Å²) in [6.07, 6.45) is -0.659. The Morgan fingerprint density at radius 3 is 2.25 bits per heavy atom. The fourth-order valence-corrected chi connectivity index (χ4v) is 3.36. The number of carboxylic acid groups (broad SMARTS) is 1.